The molecule has 0 bridgehead atoms. The maximum absolute atomic E-state index is 12.0. The molecule has 18 heavy (non-hydrogen) atoms. The van der Waals surface area contributed by atoms with E-state index in [1.807, 2.05) is 0 Å². The van der Waals surface area contributed by atoms with Gasteiger partial charge in [-0.3, -0.25) is 4.79 Å². The van der Waals surface area contributed by atoms with Crippen molar-refractivity contribution in [2.75, 3.05) is 27.2 Å². The zero-order valence-corrected chi connectivity index (χ0v) is 12.1. The first-order chi connectivity index (χ1) is 8.50. The summed E-state index contributed by atoms with van der Waals surface area (Å²) in [4.78, 5) is 14.2. The van der Waals surface area contributed by atoms with Crippen molar-refractivity contribution in [2.24, 2.45) is 17.6 Å². The molecule has 0 aliphatic heterocycles. The van der Waals surface area contributed by atoms with Gasteiger partial charge < -0.3 is 16.0 Å². The third-order valence-corrected chi connectivity index (χ3v) is 3.88. The van der Waals surface area contributed by atoms with Crippen LogP contribution in [-0.2, 0) is 4.79 Å². The van der Waals surface area contributed by atoms with Gasteiger partial charge in [0.25, 0.3) is 0 Å². The lowest BCUT2D eigenvalue weighted by Gasteiger charge is -2.31. The van der Waals surface area contributed by atoms with Crippen molar-refractivity contribution >= 4 is 5.91 Å². The Hall–Kier alpha value is -0.610. The highest BCUT2D eigenvalue weighted by atomic mass is 16.1. The van der Waals surface area contributed by atoms with Gasteiger partial charge in [-0.2, -0.15) is 0 Å². The highest BCUT2D eigenvalue weighted by Crippen LogP contribution is 2.29. The second kappa shape index (κ2) is 7.74. The molecule has 1 aliphatic carbocycles. The average Bonchev–Trinajstić information content (AvgIpc) is 2.27. The first kappa shape index (κ1) is 15.4. The smallest absolute Gasteiger partial charge is 0.223 e. The van der Waals surface area contributed by atoms with Crippen LogP contribution in [0, 0.1) is 11.8 Å². The predicted octanol–water partition coefficient (Wildman–Crippen LogP) is 1.21. The Bertz CT molecular complexity index is 255. The summed E-state index contributed by atoms with van der Waals surface area (Å²) in [6, 6.07) is 0.296. The molecule has 1 fully saturated rings. The lowest BCUT2D eigenvalue weighted by atomic mass is 9.78. The summed E-state index contributed by atoms with van der Waals surface area (Å²) in [5.74, 6) is 0.841. The van der Waals surface area contributed by atoms with E-state index in [0.717, 1.165) is 45.2 Å². The zero-order chi connectivity index (χ0) is 13.5. The summed E-state index contributed by atoms with van der Waals surface area (Å²) in [7, 11) is 4.15. The lowest BCUT2D eigenvalue weighted by molar-refractivity contribution is -0.127. The Morgan fingerprint density at radius 2 is 2.06 bits per heavy atom. The van der Waals surface area contributed by atoms with E-state index in [-0.39, 0.29) is 11.8 Å². The van der Waals surface area contributed by atoms with Gasteiger partial charge in [-0.15, -0.1) is 0 Å². The molecule has 1 saturated carbocycles. The van der Waals surface area contributed by atoms with Gasteiger partial charge in [0, 0.05) is 18.5 Å². The van der Waals surface area contributed by atoms with Crippen LogP contribution in [0.1, 0.15) is 39.0 Å². The highest BCUT2D eigenvalue weighted by molar-refractivity contribution is 5.79. The predicted molar refractivity (Wildman–Crippen MR) is 75.3 cm³/mol. The standard InChI is InChI=1S/C14H29N3O/c1-11-10-12(15)6-7-13(11)14(18)16-8-4-5-9-17(2)3/h11-13H,4-10,15H2,1-3H3,(H,16,18). The molecule has 0 aromatic carbocycles. The van der Waals surface area contributed by atoms with Crippen molar-refractivity contribution in [3.8, 4) is 0 Å². The molecule has 0 spiro atoms. The zero-order valence-electron chi connectivity index (χ0n) is 12.1. The number of carbonyl (C=O) groups excluding carboxylic acids is 1. The first-order valence-electron chi connectivity index (χ1n) is 7.18. The number of nitrogens with zero attached hydrogens (tertiary/aromatic N) is 1. The van der Waals surface area contributed by atoms with Gasteiger partial charge in [-0.25, -0.2) is 0 Å². The quantitative estimate of drug-likeness (QED) is 0.701. The topological polar surface area (TPSA) is 58.4 Å². The molecule has 1 aliphatic rings. The summed E-state index contributed by atoms with van der Waals surface area (Å²) in [5, 5.41) is 3.07. The number of unbranched alkanes of at least 4 members (excludes halogenated alkanes) is 1. The van der Waals surface area contributed by atoms with Crippen LogP contribution < -0.4 is 11.1 Å². The van der Waals surface area contributed by atoms with Crippen molar-refractivity contribution < 1.29 is 4.79 Å². The van der Waals surface area contributed by atoms with E-state index in [9.17, 15) is 4.79 Å². The van der Waals surface area contributed by atoms with Crippen molar-refractivity contribution in [3.05, 3.63) is 0 Å². The number of rotatable bonds is 6. The maximum atomic E-state index is 12.0. The van der Waals surface area contributed by atoms with E-state index in [2.05, 4.69) is 31.2 Å². The second-order valence-corrected chi connectivity index (χ2v) is 5.96. The normalized spacial score (nSPS) is 28.4. The monoisotopic (exact) mass is 255 g/mol. The second-order valence-electron chi connectivity index (χ2n) is 5.96. The van der Waals surface area contributed by atoms with Crippen LogP contribution in [0.25, 0.3) is 0 Å². The third-order valence-electron chi connectivity index (χ3n) is 3.88. The minimum atomic E-state index is 0.179. The molecule has 3 unspecified atom stereocenters. The molecule has 1 amide bonds. The summed E-state index contributed by atoms with van der Waals surface area (Å²) in [6.07, 6.45) is 5.12. The Morgan fingerprint density at radius 1 is 1.33 bits per heavy atom. The Morgan fingerprint density at radius 3 is 2.67 bits per heavy atom. The highest BCUT2D eigenvalue weighted by Gasteiger charge is 2.30. The molecule has 0 radical (unpaired) electrons. The average molecular weight is 255 g/mol. The van der Waals surface area contributed by atoms with E-state index in [1.54, 1.807) is 0 Å². The number of hydrogen-bond donors (Lipinski definition) is 2. The first-order valence-corrected chi connectivity index (χ1v) is 7.18. The van der Waals surface area contributed by atoms with Gasteiger partial charge in [0.05, 0.1) is 0 Å². The molecular formula is C14H29N3O. The van der Waals surface area contributed by atoms with E-state index < -0.39 is 0 Å². The Kier molecular flexibility index (Phi) is 6.65. The fraction of sp³-hybridized carbons (Fsp3) is 0.929. The van der Waals surface area contributed by atoms with Gasteiger partial charge in [0.1, 0.15) is 0 Å². The van der Waals surface area contributed by atoms with E-state index in [1.165, 1.54) is 0 Å². The van der Waals surface area contributed by atoms with Crippen LogP contribution in [-0.4, -0.2) is 44.0 Å². The minimum absolute atomic E-state index is 0.179. The van der Waals surface area contributed by atoms with Gasteiger partial charge in [-0.05, 0) is 58.7 Å². The summed E-state index contributed by atoms with van der Waals surface area (Å²) in [6.45, 7) is 4.04. The third kappa shape index (κ3) is 5.36. The number of nitrogens with one attached hydrogen (secondary N) is 1. The molecule has 4 nitrogen and oxygen atoms in total. The molecule has 0 heterocycles. The van der Waals surface area contributed by atoms with Crippen LogP contribution in [0.4, 0.5) is 0 Å². The SMILES string of the molecule is CC1CC(N)CCC1C(=O)NCCCCN(C)C. The number of hydrogen-bond acceptors (Lipinski definition) is 3. The molecule has 4 heteroatoms. The van der Waals surface area contributed by atoms with Crippen molar-refractivity contribution in [1.82, 2.24) is 10.2 Å². The fourth-order valence-corrected chi connectivity index (χ4v) is 2.72. The lowest BCUT2D eigenvalue weighted by Crippen LogP contribution is -2.41. The molecule has 3 atom stereocenters. The Balaban J connectivity index is 2.16. The fourth-order valence-electron chi connectivity index (χ4n) is 2.72. The van der Waals surface area contributed by atoms with Crippen LogP contribution in [0.15, 0.2) is 0 Å². The van der Waals surface area contributed by atoms with Crippen molar-refractivity contribution in [2.45, 2.75) is 45.1 Å². The number of nitrogens with two attached hydrogens (primary N) is 1. The largest absolute Gasteiger partial charge is 0.356 e. The Labute approximate surface area is 111 Å². The molecular weight excluding hydrogens is 226 g/mol. The van der Waals surface area contributed by atoms with Crippen LogP contribution in [0.2, 0.25) is 0 Å². The molecule has 0 saturated heterocycles. The van der Waals surface area contributed by atoms with E-state index >= 15 is 0 Å². The minimum Gasteiger partial charge on any atom is -0.356 e. The summed E-state index contributed by atoms with van der Waals surface area (Å²) >= 11 is 0. The van der Waals surface area contributed by atoms with Crippen LogP contribution in [0.3, 0.4) is 0 Å². The van der Waals surface area contributed by atoms with Gasteiger partial charge in [0.15, 0.2) is 0 Å². The van der Waals surface area contributed by atoms with Crippen molar-refractivity contribution in [1.29, 1.82) is 0 Å². The van der Waals surface area contributed by atoms with Crippen molar-refractivity contribution in [3.63, 3.8) is 0 Å². The van der Waals surface area contributed by atoms with Crippen LogP contribution >= 0.6 is 0 Å². The van der Waals surface area contributed by atoms with Gasteiger partial charge in [0.2, 0.25) is 5.91 Å². The molecule has 0 aromatic rings. The summed E-state index contributed by atoms with van der Waals surface area (Å²) < 4.78 is 0. The van der Waals surface area contributed by atoms with Gasteiger partial charge in [-0.1, -0.05) is 6.92 Å². The van der Waals surface area contributed by atoms with Gasteiger partial charge >= 0.3 is 0 Å². The molecule has 0 aromatic heterocycles. The van der Waals surface area contributed by atoms with E-state index in [0.29, 0.717) is 12.0 Å². The van der Waals surface area contributed by atoms with E-state index in [4.69, 9.17) is 5.73 Å². The maximum Gasteiger partial charge on any atom is 0.223 e. The summed E-state index contributed by atoms with van der Waals surface area (Å²) in [5.41, 5.74) is 5.92. The molecule has 1 rings (SSSR count). The van der Waals surface area contributed by atoms with Crippen LogP contribution in [0.5, 0.6) is 0 Å². The number of carbonyl (C=O) groups is 1. The molecule has 106 valence electrons. The molecule has 3 N–H and O–H groups in total. The number of amides is 1.